The predicted octanol–water partition coefficient (Wildman–Crippen LogP) is 7.60. The first-order valence-electron chi connectivity index (χ1n) is 15.0. The molecule has 0 atom stereocenters. The lowest BCUT2D eigenvalue weighted by Gasteiger charge is -2.15. The summed E-state index contributed by atoms with van der Waals surface area (Å²) in [6.07, 6.45) is 0. The quantitative estimate of drug-likeness (QED) is 0.0725. The molecule has 0 bridgehead atoms. The van der Waals surface area contributed by atoms with E-state index >= 15 is 0 Å². The Bertz CT molecular complexity index is 2050. The Morgan fingerprint density at radius 3 is 1.87 bits per heavy atom. The van der Waals surface area contributed by atoms with E-state index in [-0.39, 0.29) is 19.2 Å². The Morgan fingerprint density at radius 1 is 0.652 bits per heavy atom. The van der Waals surface area contributed by atoms with Crippen molar-refractivity contribution in [3.63, 3.8) is 0 Å². The van der Waals surface area contributed by atoms with E-state index in [0.29, 0.717) is 39.1 Å². The summed E-state index contributed by atoms with van der Waals surface area (Å²) in [5.74, 6) is 0.827. The summed E-state index contributed by atoms with van der Waals surface area (Å²) < 4.78 is 25.2. The summed E-state index contributed by atoms with van der Waals surface area (Å²) in [4.78, 5) is 26.6. The third-order valence-electron chi connectivity index (χ3n) is 8.12. The molecular formula is C39H34NO6+. The number of fused-ring (bicyclic) bond motifs is 2. The van der Waals surface area contributed by atoms with Gasteiger partial charge >= 0.3 is 11.9 Å². The van der Waals surface area contributed by atoms with Gasteiger partial charge in [0.1, 0.15) is 37.5 Å². The van der Waals surface area contributed by atoms with E-state index in [0.717, 1.165) is 33.3 Å². The summed E-state index contributed by atoms with van der Waals surface area (Å²) in [6, 6.07) is 33.6. The number of aromatic nitrogens is 1. The maximum Gasteiger partial charge on any atom is 0.345 e. The molecule has 7 heteroatoms. The minimum Gasteiger partial charge on any atom is -0.497 e. The van der Waals surface area contributed by atoms with Gasteiger partial charge in [-0.2, -0.15) is 4.57 Å². The van der Waals surface area contributed by atoms with Gasteiger partial charge in [-0.3, -0.25) is 0 Å². The van der Waals surface area contributed by atoms with Gasteiger partial charge in [0.25, 0.3) is 0 Å². The van der Waals surface area contributed by atoms with Gasteiger partial charge in [0.15, 0.2) is 0 Å². The second-order valence-electron chi connectivity index (χ2n) is 11.1. The first-order chi connectivity index (χ1) is 22.3. The molecule has 0 saturated heterocycles. The number of pyridine rings is 1. The van der Waals surface area contributed by atoms with E-state index in [1.165, 1.54) is 0 Å². The molecule has 46 heavy (non-hydrogen) atoms. The van der Waals surface area contributed by atoms with Gasteiger partial charge in [0, 0.05) is 12.1 Å². The highest BCUT2D eigenvalue weighted by molar-refractivity contribution is 6.13. The number of rotatable bonds is 9. The molecule has 0 amide bonds. The van der Waals surface area contributed by atoms with Crippen LogP contribution in [0.25, 0.3) is 21.8 Å². The molecule has 5 aromatic carbocycles. The van der Waals surface area contributed by atoms with E-state index in [9.17, 15) is 9.59 Å². The largest absolute Gasteiger partial charge is 0.497 e. The number of aryl methyl sites for hydroxylation is 3. The fraction of sp³-hybridized carbons (Fsp3) is 0.154. The smallest absolute Gasteiger partial charge is 0.345 e. The summed E-state index contributed by atoms with van der Waals surface area (Å²) in [5.41, 5.74) is 6.36. The molecule has 1 aromatic heterocycles. The zero-order chi connectivity index (χ0) is 32.2. The number of hydrogen-bond acceptors (Lipinski definition) is 6. The van der Waals surface area contributed by atoms with Crippen LogP contribution < -0.4 is 18.8 Å². The number of hydrogen-bond donors (Lipinski definition) is 0. The molecule has 6 aromatic rings. The van der Waals surface area contributed by atoms with E-state index in [4.69, 9.17) is 18.9 Å². The van der Waals surface area contributed by atoms with Crippen LogP contribution in [0.15, 0.2) is 109 Å². The molecule has 0 radical (unpaired) electrons. The SMILES string of the molecule is COc1ccc2c(c1)c(C(=O)Oc1ccccc1)c1cc(OCc3c(C)cc(C(=O)OCc4ccccc4)cc3C)ccc1[n+]2C. The van der Waals surface area contributed by atoms with Gasteiger partial charge in [-0.05, 0) is 84.6 Å². The van der Waals surface area contributed by atoms with Gasteiger partial charge in [-0.25, -0.2) is 9.59 Å². The van der Waals surface area contributed by atoms with Crippen LogP contribution >= 0.6 is 0 Å². The van der Waals surface area contributed by atoms with Crippen molar-refractivity contribution >= 4 is 33.7 Å². The van der Waals surface area contributed by atoms with Crippen LogP contribution in [0.5, 0.6) is 17.2 Å². The molecule has 0 aliphatic heterocycles. The van der Waals surface area contributed by atoms with Crippen molar-refractivity contribution in [1.29, 1.82) is 0 Å². The second-order valence-corrected chi connectivity index (χ2v) is 11.1. The minimum atomic E-state index is -0.478. The molecule has 0 aliphatic carbocycles. The molecule has 0 fully saturated rings. The summed E-state index contributed by atoms with van der Waals surface area (Å²) in [7, 11) is 3.56. The lowest BCUT2D eigenvalue weighted by atomic mass is 9.99. The Kier molecular flexibility index (Phi) is 8.65. The van der Waals surface area contributed by atoms with Crippen LogP contribution in [0.2, 0.25) is 0 Å². The van der Waals surface area contributed by atoms with Crippen LogP contribution in [-0.4, -0.2) is 19.0 Å². The van der Waals surface area contributed by atoms with Crippen molar-refractivity contribution in [1.82, 2.24) is 0 Å². The van der Waals surface area contributed by atoms with Gasteiger partial charge in [0.2, 0.25) is 11.0 Å². The number of benzene rings is 5. The standard InChI is InChI=1S/C39H34NO6/c1-25-19-28(38(41)45-23-27-11-7-5-8-12-27)20-26(2)34(25)24-44-31-16-18-36-33(22-31)37(39(42)46-29-13-9-6-10-14-29)32-21-30(43-4)15-17-35(32)40(36)3/h5-22H,23-24H2,1-4H3/q+1. The first kappa shape index (κ1) is 30.3. The second kappa shape index (κ2) is 13.1. The molecule has 0 saturated carbocycles. The van der Waals surface area contributed by atoms with Crippen LogP contribution in [-0.2, 0) is 25.0 Å². The number of ether oxygens (including phenoxy) is 4. The van der Waals surface area contributed by atoms with Crippen LogP contribution in [0.1, 0.15) is 43.0 Å². The van der Waals surface area contributed by atoms with Crippen molar-refractivity contribution in [3.8, 4) is 17.2 Å². The Hall–Kier alpha value is -5.69. The Labute approximate surface area is 267 Å². The van der Waals surface area contributed by atoms with Gasteiger partial charge in [-0.1, -0.05) is 48.5 Å². The lowest BCUT2D eigenvalue weighted by Crippen LogP contribution is -2.31. The van der Waals surface area contributed by atoms with Crippen molar-refractivity contribution < 1.29 is 33.1 Å². The maximum atomic E-state index is 13.8. The highest BCUT2D eigenvalue weighted by Crippen LogP contribution is 2.32. The molecule has 0 spiro atoms. The van der Waals surface area contributed by atoms with Gasteiger partial charge in [-0.15, -0.1) is 0 Å². The normalized spacial score (nSPS) is 11.0. The van der Waals surface area contributed by atoms with Crippen molar-refractivity contribution in [3.05, 3.63) is 143 Å². The number of carbonyl (C=O) groups is 2. The number of carbonyl (C=O) groups excluding carboxylic acids is 2. The zero-order valence-corrected chi connectivity index (χ0v) is 26.2. The fourth-order valence-corrected chi connectivity index (χ4v) is 5.67. The minimum absolute atomic E-state index is 0.214. The van der Waals surface area contributed by atoms with Gasteiger partial charge < -0.3 is 18.9 Å². The van der Waals surface area contributed by atoms with Crippen molar-refractivity contribution in [2.75, 3.05) is 7.11 Å². The van der Waals surface area contributed by atoms with Crippen LogP contribution in [0.3, 0.4) is 0 Å². The summed E-state index contributed by atoms with van der Waals surface area (Å²) in [6.45, 7) is 4.40. The molecule has 230 valence electrons. The van der Waals surface area contributed by atoms with E-state index in [2.05, 4.69) is 0 Å². The predicted molar refractivity (Wildman–Crippen MR) is 176 cm³/mol. The van der Waals surface area contributed by atoms with E-state index in [1.807, 2.05) is 123 Å². The van der Waals surface area contributed by atoms with Crippen LogP contribution in [0.4, 0.5) is 0 Å². The lowest BCUT2D eigenvalue weighted by molar-refractivity contribution is -0.617. The summed E-state index contributed by atoms with van der Waals surface area (Å²) in [5, 5.41) is 1.39. The fourth-order valence-electron chi connectivity index (χ4n) is 5.67. The Morgan fingerprint density at radius 2 is 1.24 bits per heavy atom. The average Bonchev–Trinajstić information content (AvgIpc) is 3.07. The first-order valence-corrected chi connectivity index (χ1v) is 15.0. The topological polar surface area (TPSA) is 74.9 Å². The number of nitrogens with zero attached hydrogens (tertiary/aromatic N) is 1. The molecule has 0 N–H and O–H groups in total. The maximum absolute atomic E-state index is 13.8. The molecule has 6 rings (SSSR count). The van der Waals surface area contributed by atoms with Crippen molar-refractivity contribution in [2.24, 2.45) is 7.05 Å². The third kappa shape index (κ3) is 6.26. The van der Waals surface area contributed by atoms with E-state index in [1.54, 1.807) is 19.2 Å². The highest BCUT2D eigenvalue weighted by Gasteiger charge is 2.25. The van der Waals surface area contributed by atoms with E-state index < -0.39 is 5.97 Å². The van der Waals surface area contributed by atoms with Gasteiger partial charge in [0.05, 0.1) is 29.0 Å². The zero-order valence-electron chi connectivity index (χ0n) is 26.2. The Balaban J connectivity index is 1.30. The third-order valence-corrected chi connectivity index (χ3v) is 8.12. The number of para-hydroxylation sites is 1. The number of esters is 2. The molecule has 7 nitrogen and oxygen atoms in total. The average molecular weight is 613 g/mol. The number of methoxy groups -OCH3 is 1. The molecule has 1 heterocycles. The van der Waals surface area contributed by atoms with Crippen molar-refractivity contribution in [2.45, 2.75) is 27.1 Å². The molecule has 0 unspecified atom stereocenters. The highest BCUT2D eigenvalue weighted by atomic mass is 16.5. The molecule has 0 aliphatic rings. The van der Waals surface area contributed by atoms with Crippen LogP contribution in [0, 0.1) is 13.8 Å². The molecular weight excluding hydrogens is 578 g/mol. The summed E-state index contributed by atoms with van der Waals surface area (Å²) >= 11 is 0. The monoisotopic (exact) mass is 612 g/mol.